The third-order valence-electron chi connectivity index (χ3n) is 2.03. The van der Waals surface area contributed by atoms with Gasteiger partial charge >= 0.3 is 0 Å². The van der Waals surface area contributed by atoms with Gasteiger partial charge in [0.25, 0.3) is 10.1 Å². The molecular formula is C10H16O4S. The summed E-state index contributed by atoms with van der Waals surface area (Å²) < 4.78 is 34.6. The van der Waals surface area contributed by atoms with Crippen LogP contribution >= 0.6 is 0 Å². The molecule has 5 heteroatoms. The summed E-state index contributed by atoms with van der Waals surface area (Å²) >= 11 is 0. The van der Waals surface area contributed by atoms with Crippen molar-refractivity contribution in [1.82, 2.24) is 0 Å². The summed E-state index contributed by atoms with van der Waals surface area (Å²) in [6, 6.07) is 0. The SMILES string of the molecule is O=S(=O)(O)CCCCOC1=CCCC=C1. The lowest BCUT2D eigenvalue weighted by molar-refractivity contribution is 0.217. The quantitative estimate of drug-likeness (QED) is 0.561. The summed E-state index contributed by atoms with van der Waals surface area (Å²) in [6.07, 6.45) is 9.09. The van der Waals surface area contributed by atoms with Crippen LogP contribution in [-0.2, 0) is 14.9 Å². The third kappa shape index (κ3) is 6.30. The fourth-order valence-corrected chi connectivity index (χ4v) is 1.84. The fourth-order valence-electron chi connectivity index (χ4n) is 1.27. The van der Waals surface area contributed by atoms with Crippen LogP contribution in [0.5, 0.6) is 0 Å². The zero-order valence-electron chi connectivity index (χ0n) is 8.55. The first-order valence-corrected chi connectivity index (χ1v) is 6.63. The Morgan fingerprint density at radius 3 is 2.73 bits per heavy atom. The minimum absolute atomic E-state index is 0.189. The van der Waals surface area contributed by atoms with Gasteiger partial charge in [0, 0.05) is 0 Å². The molecule has 1 N–H and O–H groups in total. The average Bonchev–Trinajstić information content (AvgIpc) is 2.17. The van der Waals surface area contributed by atoms with E-state index in [1.54, 1.807) is 0 Å². The maximum atomic E-state index is 10.4. The van der Waals surface area contributed by atoms with Crippen molar-refractivity contribution in [2.45, 2.75) is 25.7 Å². The van der Waals surface area contributed by atoms with Gasteiger partial charge < -0.3 is 4.74 Å². The molecule has 0 saturated heterocycles. The van der Waals surface area contributed by atoms with E-state index >= 15 is 0 Å². The first kappa shape index (κ1) is 12.3. The molecule has 0 radical (unpaired) electrons. The monoisotopic (exact) mass is 232 g/mol. The molecule has 1 aliphatic carbocycles. The Bertz CT molecular complexity index is 340. The van der Waals surface area contributed by atoms with E-state index in [1.807, 2.05) is 18.2 Å². The van der Waals surface area contributed by atoms with Crippen molar-refractivity contribution in [3.05, 3.63) is 24.0 Å². The molecule has 15 heavy (non-hydrogen) atoms. The second-order valence-electron chi connectivity index (χ2n) is 3.43. The molecule has 0 bridgehead atoms. The fraction of sp³-hybridized carbons (Fsp3) is 0.600. The van der Waals surface area contributed by atoms with Crippen LogP contribution in [0.1, 0.15) is 25.7 Å². The molecule has 0 amide bonds. The average molecular weight is 232 g/mol. The lowest BCUT2D eigenvalue weighted by atomic mass is 10.2. The topological polar surface area (TPSA) is 63.6 Å². The zero-order chi connectivity index (χ0) is 11.1. The number of ether oxygens (including phenoxy) is 1. The summed E-state index contributed by atoms with van der Waals surface area (Å²) in [5.74, 6) is 0.665. The van der Waals surface area contributed by atoms with Crippen molar-refractivity contribution < 1.29 is 17.7 Å². The lowest BCUT2D eigenvalue weighted by Crippen LogP contribution is -2.05. The van der Waals surface area contributed by atoms with Crippen LogP contribution in [-0.4, -0.2) is 25.3 Å². The Balaban J connectivity index is 2.07. The van der Waals surface area contributed by atoms with Crippen LogP contribution in [0.2, 0.25) is 0 Å². The van der Waals surface area contributed by atoms with E-state index in [2.05, 4.69) is 0 Å². The number of hydrogen-bond acceptors (Lipinski definition) is 3. The first-order valence-electron chi connectivity index (χ1n) is 5.02. The van der Waals surface area contributed by atoms with Crippen molar-refractivity contribution in [1.29, 1.82) is 0 Å². The Morgan fingerprint density at radius 1 is 1.33 bits per heavy atom. The molecule has 4 nitrogen and oxygen atoms in total. The van der Waals surface area contributed by atoms with Crippen LogP contribution in [0, 0.1) is 0 Å². The number of unbranched alkanes of at least 4 members (excludes halogenated alkanes) is 1. The normalized spacial score (nSPS) is 16.2. The number of rotatable bonds is 6. The van der Waals surface area contributed by atoms with Gasteiger partial charge in [-0.3, -0.25) is 4.55 Å². The Morgan fingerprint density at radius 2 is 2.13 bits per heavy atom. The van der Waals surface area contributed by atoms with E-state index in [4.69, 9.17) is 9.29 Å². The van der Waals surface area contributed by atoms with Gasteiger partial charge in [-0.05, 0) is 37.8 Å². The van der Waals surface area contributed by atoms with E-state index in [1.165, 1.54) is 0 Å². The van der Waals surface area contributed by atoms with E-state index in [9.17, 15) is 8.42 Å². The minimum Gasteiger partial charge on any atom is -0.494 e. The molecule has 0 aromatic rings. The van der Waals surface area contributed by atoms with Crippen molar-refractivity contribution in [2.24, 2.45) is 0 Å². The molecule has 0 aromatic carbocycles. The first-order chi connectivity index (χ1) is 7.08. The van der Waals surface area contributed by atoms with Crippen molar-refractivity contribution in [3.63, 3.8) is 0 Å². The minimum atomic E-state index is -3.81. The molecule has 0 aromatic heterocycles. The maximum Gasteiger partial charge on any atom is 0.264 e. The molecule has 0 unspecified atom stereocenters. The van der Waals surface area contributed by atoms with Crippen LogP contribution < -0.4 is 0 Å². The van der Waals surface area contributed by atoms with Gasteiger partial charge in [-0.1, -0.05) is 6.08 Å². The standard InChI is InChI=1S/C10H16O4S/c11-15(12,13)9-5-4-8-14-10-6-2-1-3-7-10/h2,6-7H,1,3-5,8-9H2,(H,11,12,13). The summed E-state index contributed by atoms with van der Waals surface area (Å²) in [5, 5.41) is 0. The van der Waals surface area contributed by atoms with Gasteiger partial charge in [0.15, 0.2) is 0 Å². The van der Waals surface area contributed by atoms with E-state index in [-0.39, 0.29) is 5.75 Å². The van der Waals surface area contributed by atoms with Crippen LogP contribution in [0.25, 0.3) is 0 Å². The van der Waals surface area contributed by atoms with E-state index < -0.39 is 10.1 Å². The zero-order valence-corrected chi connectivity index (χ0v) is 9.37. The second-order valence-corrected chi connectivity index (χ2v) is 5.00. The van der Waals surface area contributed by atoms with Crippen LogP contribution in [0.15, 0.2) is 24.0 Å². The highest BCUT2D eigenvalue weighted by Gasteiger charge is 2.03. The number of hydrogen-bond donors (Lipinski definition) is 1. The molecule has 86 valence electrons. The molecule has 1 aliphatic rings. The molecule has 0 heterocycles. The van der Waals surface area contributed by atoms with Crippen LogP contribution in [0.3, 0.4) is 0 Å². The predicted molar refractivity (Wildman–Crippen MR) is 58.1 cm³/mol. The van der Waals surface area contributed by atoms with E-state index in [0.717, 1.165) is 18.6 Å². The Labute approximate surface area is 90.4 Å². The molecule has 0 spiro atoms. The molecule has 1 rings (SSSR count). The second kappa shape index (κ2) is 5.92. The van der Waals surface area contributed by atoms with Gasteiger partial charge in [0.05, 0.1) is 12.4 Å². The van der Waals surface area contributed by atoms with Gasteiger partial charge in [0.1, 0.15) is 5.76 Å². The van der Waals surface area contributed by atoms with Crippen molar-refractivity contribution in [2.75, 3.05) is 12.4 Å². The Kier molecular flexibility index (Phi) is 4.84. The molecule has 0 saturated carbocycles. The van der Waals surface area contributed by atoms with Gasteiger partial charge in [-0.2, -0.15) is 8.42 Å². The van der Waals surface area contributed by atoms with Gasteiger partial charge in [0.2, 0.25) is 0 Å². The van der Waals surface area contributed by atoms with Gasteiger partial charge in [-0.25, -0.2) is 0 Å². The molecule has 0 aliphatic heterocycles. The summed E-state index contributed by atoms with van der Waals surface area (Å²) in [5.41, 5.74) is 0. The van der Waals surface area contributed by atoms with E-state index in [0.29, 0.717) is 19.4 Å². The maximum absolute atomic E-state index is 10.4. The smallest absolute Gasteiger partial charge is 0.264 e. The number of allylic oxidation sites excluding steroid dienone is 3. The lowest BCUT2D eigenvalue weighted by Gasteiger charge is -2.09. The summed E-state index contributed by atoms with van der Waals surface area (Å²) in [6.45, 7) is 0.492. The highest BCUT2D eigenvalue weighted by atomic mass is 32.2. The highest BCUT2D eigenvalue weighted by molar-refractivity contribution is 7.85. The van der Waals surface area contributed by atoms with Crippen molar-refractivity contribution in [3.8, 4) is 0 Å². The summed E-state index contributed by atoms with van der Waals surface area (Å²) in [7, 11) is -3.81. The largest absolute Gasteiger partial charge is 0.494 e. The molecule has 0 atom stereocenters. The molecule has 0 fully saturated rings. The summed E-state index contributed by atoms with van der Waals surface area (Å²) in [4.78, 5) is 0. The molecular weight excluding hydrogens is 216 g/mol. The van der Waals surface area contributed by atoms with Crippen molar-refractivity contribution >= 4 is 10.1 Å². The van der Waals surface area contributed by atoms with Crippen LogP contribution in [0.4, 0.5) is 0 Å². The highest BCUT2D eigenvalue weighted by Crippen LogP contribution is 2.11. The predicted octanol–water partition coefficient (Wildman–Crippen LogP) is 1.90. The Hall–Kier alpha value is -0.810. The third-order valence-corrected chi connectivity index (χ3v) is 2.83. The van der Waals surface area contributed by atoms with Gasteiger partial charge in [-0.15, -0.1) is 0 Å².